The molecule has 0 spiro atoms. The van der Waals surface area contributed by atoms with Gasteiger partial charge in [0.1, 0.15) is 11.4 Å². The summed E-state index contributed by atoms with van der Waals surface area (Å²) in [5.41, 5.74) is 2.09. The first kappa shape index (κ1) is 27.8. The van der Waals surface area contributed by atoms with E-state index in [0.717, 1.165) is 50.5 Å². The van der Waals surface area contributed by atoms with E-state index in [2.05, 4.69) is 10.2 Å². The lowest BCUT2D eigenvalue weighted by atomic mass is 9.88. The van der Waals surface area contributed by atoms with Gasteiger partial charge in [0, 0.05) is 18.2 Å². The van der Waals surface area contributed by atoms with E-state index in [0.29, 0.717) is 30.8 Å². The summed E-state index contributed by atoms with van der Waals surface area (Å²) in [7, 11) is 3.82. The van der Waals surface area contributed by atoms with Crippen LogP contribution in [0, 0.1) is 6.92 Å². The summed E-state index contributed by atoms with van der Waals surface area (Å²) >= 11 is 0. The topological polar surface area (TPSA) is 131 Å². The first-order chi connectivity index (χ1) is 18.2. The van der Waals surface area contributed by atoms with Crippen LogP contribution in [0.25, 0.3) is 0 Å². The Balaban J connectivity index is 1.66. The van der Waals surface area contributed by atoms with E-state index in [1.54, 1.807) is 13.0 Å². The normalized spacial score (nSPS) is 18.0. The van der Waals surface area contributed by atoms with Crippen LogP contribution < -0.4 is 5.56 Å². The molecule has 0 radical (unpaired) electrons. The number of benzene rings is 1. The second kappa shape index (κ2) is 12.1. The average molecular weight is 526 g/mol. The molecule has 10 heteroatoms. The molecular weight excluding hydrogens is 486 g/mol. The van der Waals surface area contributed by atoms with Crippen molar-refractivity contribution in [1.29, 1.82) is 0 Å². The Morgan fingerprint density at radius 1 is 1.05 bits per heavy atom. The van der Waals surface area contributed by atoms with Crippen LogP contribution in [0.5, 0.6) is 11.6 Å². The number of aromatic nitrogens is 1. The number of carboxylic acid groups (broad SMARTS) is 1. The lowest BCUT2D eigenvalue weighted by molar-refractivity contribution is -0.138. The number of carbonyl (C=O) groups is 1. The first-order valence-corrected chi connectivity index (χ1v) is 13.5. The predicted octanol–water partition coefficient (Wildman–Crippen LogP) is 4.81. The maximum absolute atomic E-state index is 13.6. The fourth-order valence-electron chi connectivity index (χ4n) is 5.78. The van der Waals surface area contributed by atoms with Crippen molar-refractivity contribution >= 4 is 17.3 Å². The molecule has 10 nitrogen and oxygen atoms in total. The minimum atomic E-state index is -0.838. The number of para-hydroxylation sites is 1. The van der Waals surface area contributed by atoms with Crippen molar-refractivity contribution in [2.24, 2.45) is 10.2 Å². The van der Waals surface area contributed by atoms with Crippen molar-refractivity contribution in [3.63, 3.8) is 0 Å². The number of nitrogens with zero attached hydrogens (tertiary/aromatic N) is 5. The van der Waals surface area contributed by atoms with E-state index in [9.17, 15) is 19.8 Å². The molecule has 0 amide bonds. The second-order valence-electron chi connectivity index (χ2n) is 10.8. The Hall–Kier alpha value is -3.24. The molecule has 1 saturated heterocycles. The number of phenols is 1. The fourth-order valence-corrected chi connectivity index (χ4v) is 5.78. The third kappa shape index (κ3) is 6.07. The molecular formula is C28H39N5O5. The second-order valence-corrected chi connectivity index (χ2v) is 10.8. The zero-order chi connectivity index (χ0) is 27.4. The van der Waals surface area contributed by atoms with Crippen molar-refractivity contribution in [3.8, 4) is 11.6 Å². The number of azo groups is 1. The summed E-state index contributed by atoms with van der Waals surface area (Å²) in [5.74, 6) is -0.716. The lowest BCUT2D eigenvalue weighted by Gasteiger charge is -2.31. The number of carboxylic acids is 1. The number of piperidine rings is 1. The quantitative estimate of drug-likeness (QED) is 0.421. The maximum atomic E-state index is 13.6. The Morgan fingerprint density at radius 3 is 2.37 bits per heavy atom. The fraction of sp³-hybridized carbons (Fsp3) is 0.571. The molecule has 1 saturated carbocycles. The molecule has 4 rings (SSSR count). The molecule has 0 unspecified atom stereocenters. The molecule has 1 aromatic carbocycles. The molecule has 2 aromatic rings. The van der Waals surface area contributed by atoms with Gasteiger partial charge in [-0.3, -0.25) is 19.1 Å². The van der Waals surface area contributed by atoms with Crippen molar-refractivity contribution in [2.45, 2.75) is 70.4 Å². The highest BCUT2D eigenvalue weighted by molar-refractivity contribution is 5.69. The van der Waals surface area contributed by atoms with Gasteiger partial charge in [-0.15, -0.1) is 10.2 Å². The highest BCUT2D eigenvalue weighted by Gasteiger charge is 2.27. The minimum Gasteiger partial charge on any atom is -0.505 e. The van der Waals surface area contributed by atoms with Crippen LogP contribution in [0.1, 0.15) is 73.6 Å². The molecule has 0 bridgehead atoms. The highest BCUT2D eigenvalue weighted by atomic mass is 16.4. The van der Waals surface area contributed by atoms with Crippen LogP contribution in [-0.2, 0) is 11.3 Å². The van der Waals surface area contributed by atoms with Crippen LogP contribution in [0.2, 0.25) is 0 Å². The summed E-state index contributed by atoms with van der Waals surface area (Å²) in [4.78, 5) is 28.5. The van der Waals surface area contributed by atoms with Crippen LogP contribution in [-0.4, -0.2) is 69.4 Å². The third-order valence-corrected chi connectivity index (χ3v) is 7.83. The molecule has 2 heterocycles. The number of aliphatic carboxylic acids is 1. The zero-order valence-electron chi connectivity index (χ0n) is 22.6. The zero-order valence-corrected chi connectivity index (χ0v) is 22.6. The van der Waals surface area contributed by atoms with E-state index in [1.165, 1.54) is 4.57 Å². The third-order valence-electron chi connectivity index (χ3n) is 7.83. The first-order valence-electron chi connectivity index (χ1n) is 13.5. The smallest absolute Gasteiger partial charge is 0.317 e. The Bertz CT molecular complexity index is 1240. The Labute approximate surface area is 223 Å². The van der Waals surface area contributed by atoms with Crippen LogP contribution in [0.3, 0.4) is 0 Å². The van der Waals surface area contributed by atoms with E-state index in [4.69, 9.17) is 5.11 Å². The molecule has 2 fully saturated rings. The lowest BCUT2D eigenvalue weighted by Crippen LogP contribution is -2.36. The standard InChI is InChI=1S/C28H39N5O5/c1-18-22(16-31(2)3)27(37)33(20-8-5-4-6-9-20)28(38)25(18)30-29-23-11-7-10-21(26(23)36)19-12-14-32(15-13-19)17-24(34)35/h7,10-11,19-20,36-37H,4-6,8-9,12-17H2,1-3H3,(H,34,35). The molecule has 2 aliphatic rings. The van der Waals surface area contributed by atoms with Gasteiger partial charge < -0.3 is 20.2 Å². The van der Waals surface area contributed by atoms with Gasteiger partial charge in [-0.05, 0) is 82.9 Å². The molecule has 0 atom stereocenters. The number of hydrogen-bond acceptors (Lipinski definition) is 8. The highest BCUT2D eigenvalue weighted by Crippen LogP contribution is 2.40. The molecule has 206 valence electrons. The van der Waals surface area contributed by atoms with Crippen molar-refractivity contribution in [1.82, 2.24) is 14.4 Å². The Kier molecular flexibility index (Phi) is 8.83. The van der Waals surface area contributed by atoms with Crippen molar-refractivity contribution in [2.75, 3.05) is 33.7 Å². The Morgan fingerprint density at radius 2 is 1.74 bits per heavy atom. The molecule has 1 aliphatic heterocycles. The van der Waals surface area contributed by atoms with Crippen LogP contribution >= 0.6 is 0 Å². The van der Waals surface area contributed by atoms with Gasteiger partial charge in [-0.25, -0.2) is 0 Å². The van der Waals surface area contributed by atoms with E-state index >= 15 is 0 Å². The predicted molar refractivity (Wildman–Crippen MR) is 145 cm³/mol. The van der Waals surface area contributed by atoms with E-state index < -0.39 is 5.97 Å². The minimum absolute atomic E-state index is 0.00568. The van der Waals surface area contributed by atoms with Gasteiger partial charge in [0.25, 0.3) is 5.56 Å². The molecule has 1 aromatic heterocycles. The van der Waals surface area contributed by atoms with Crippen molar-refractivity contribution < 1.29 is 20.1 Å². The largest absolute Gasteiger partial charge is 0.505 e. The molecule has 1 aliphatic carbocycles. The molecule has 38 heavy (non-hydrogen) atoms. The van der Waals surface area contributed by atoms with Crippen LogP contribution in [0.15, 0.2) is 33.2 Å². The van der Waals surface area contributed by atoms with Gasteiger partial charge in [-0.2, -0.15) is 0 Å². The summed E-state index contributed by atoms with van der Waals surface area (Å²) in [6.07, 6.45) is 6.30. The number of hydrogen-bond donors (Lipinski definition) is 3. The number of likely N-dealkylation sites (tertiary alicyclic amines) is 1. The SMILES string of the molecule is Cc1c(CN(C)C)c(O)n(C2CCCCC2)c(=O)c1N=Nc1cccc(C2CCN(CC(=O)O)CC2)c1O. The number of aromatic hydroxyl groups is 2. The van der Waals surface area contributed by atoms with Gasteiger partial charge in [0.2, 0.25) is 0 Å². The average Bonchev–Trinajstić information content (AvgIpc) is 2.88. The van der Waals surface area contributed by atoms with Crippen LogP contribution in [0.4, 0.5) is 11.4 Å². The summed E-state index contributed by atoms with van der Waals surface area (Å²) in [6, 6.07) is 5.27. The van der Waals surface area contributed by atoms with Gasteiger partial charge in [0.05, 0.1) is 6.54 Å². The summed E-state index contributed by atoms with van der Waals surface area (Å²) < 4.78 is 1.50. The number of pyridine rings is 1. The van der Waals surface area contributed by atoms with E-state index in [-0.39, 0.29) is 47.1 Å². The van der Waals surface area contributed by atoms with Gasteiger partial charge >= 0.3 is 5.97 Å². The van der Waals surface area contributed by atoms with Crippen molar-refractivity contribution in [3.05, 3.63) is 45.2 Å². The molecule has 3 N–H and O–H groups in total. The summed E-state index contributed by atoms with van der Waals surface area (Å²) in [5, 5.41) is 39.9. The monoisotopic (exact) mass is 525 g/mol. The summed E-state index contributed by atoms with van der Waals surface area (Å²) in [6.45, 7) is 3.54. The number of rotatable bonds is 8. The van der Waals surface area contributed by atoms with E-state index in [1.807, 2.05) is 36.0 Å². The number of phenolic OH excluding ortho intramolecular Hbond substituents is 1. The van der Waals surface area contributed by atoms with Gasteiger partial charge in [-0.1, -0.05) is 31.4 Å². The maximum Gasteiger partial charge on any atom is 0.317 e. The van der Waals surface area contributed by atoms with Gasteiger partial charge in [0.15, 0.2) is 11.6 Å².